The Morgan fingerprint density at radius 1 is 1.09 bits per heavy atom. The number of rotatable bonds is 5. The van der Waals surface area contributed by atoms with Crippen molar-refractivity contribution in [3.05, 3.63) is 28.2 Å². The zero-order valence-corrected chi connectivity index (χ0v) is 15.7. The van der Waals surface area contributed by atoms with Gasteiger partial charge in [-0.05, 0) is 18.2 Å². The standard InChI is InChI=1S/C12H17Cl2N3O2S.2ClH/c13-10-7-11(14)9-12(8-10)20(18,19)16-3-6-17-4-1-15-2-5-17;;/h7-9,15-16H,1-6H2;2*1H. The molecule has 10 heteroatoms. The SMILES string of the molecule is Cl.Cl.O=S(=O)(NCCN1CCNCC1)c1cc(Cl)cc(Cl)c1. The molecule has 2 rings (SSSR count). The van der Waals surface area contributed by atoms with Crippen LogP contribution in [0.2, 0.25) is 10.0 Å². The highest BCUT2D eigenvalue weighted by Gasteiger charge is 2.16. The first-order chi connectivity index (χ1) is 9.47. The number of hydrogen-bond acceptors (Lipinski definition) is 4. The Morgan fingerprint density at radius 3 is 2.18 bits per heavy atom. The molecule has 1 aromatic carbocycles. The Balaban J connectivity index is 0.00000220. The van der Waals surface area contributed by atoms with Gasteiger partial charge in [0.15, 0.2) is 0 Å². The van der Waals surface area contributed by atoms with Crippen molar-refractivity contribution in [1.82, 2.24) is 14.9 Å². The van der Waals surface area contributed by atoms with Crippen molar-refractivity contribution < 1.29 is 8.42 Å². The normalized spacial score (nSPS) is 15.7. The van der Waals surface area contributed by atoms with Gasteiger partial charge < -0.3 is 5.32 Å². The number of nitrogens with one attached hydrogen (secondary N) is 2. The zero-order chi connectivity index (χ0) is 14.6. The molecule has 0 spiro atoms. The number of halogens is 4. The third-order valence-corrected chi connectivity index (χ3v) is 4.95. The minimum absolute atomic E-state index is 0. The van der Waals surface area contributed by atoms with Crippen LogP contribution in [0, 0.1) is 0 Å². The van der Waals surface area contributed by atoms with Crippen LogP contribution in [0.25, 0.3) is 0 Å². The molecule has 22 heavy (non-hydrogen) atoms. The summed E-state index contributed by atoms with van der Waals surface area (Å²) in [6, 6.07) is 4.28. The van der Waals surface area contributed by atoms with Crippen LogP contribution in [0.5, 0.6) is 0 Å². The quantitative estimate of drug-likeness (QED) is 0.779. The molecule has 0 radical (unpaired) electrons. The van der Waals surface area contributed by atoms with Gasteiger partial charge in [-0.25, -0.2) is 13.1 Å². The van der Waals surface area contributed by atoms with E-state index in [1.165, 1.54) is 18.2 Å². The highest BCUT2D eigenvalue weighted by atomic mass is 35.5. The minimum atomic E-state index is -3.57. The Hall–Kier alpha value is 0.210. The Morgan fingerprint density at radius 2 is 1.64 bits per heavy atom. The van der Waals surface area contributed by atoms with Crippen molar-refractivity contribution in [1.29, 1.82) is 0 Å². The summed E-state index contributed by atoms with van der Waals surface area (Å²) < 4.78 is 26.8. The lowest BCUT2D eigenvalue weighted by atomic mass is 10.3. The third-order valence-electron chi connectivity index (χ3n) is 3.08. The Bertz CT molecular complexity index is 545. The van der Waals surface area contributed by atoms with E-state index in [1.807, 2.05) is 0 Å². The van der Waals surface area contributed by atoms with E-state index in [2.05, 4.69) is 14.9 Å². The van der Waals surface area contributed by atoms with Crippen molar-refractivity contribution in [3.63, 3.8) is 0 Å². The summed E-state index contributed by atoms with van der Waals surface area (Å²) in [5.74, 6) is 0. The van der Waals surface area contributed by atoms with E-state index in [0.29, 0.717) is 23.1 Å². The molecule has 0 unspecified atom stereocenters. The molecule has 0 amide bonds. The lowest BCUT2D eigenvalue weighted by Gasteiger charge is -2.27. The number of benzene rings is 1. The topological polar surface area (TPSA) is 61.4 Å². The molecule has 1 aliphatic heterocycles. The van der Waals surface area contributed by atoms with E-state index >= 15 is 0 Å². The van der Waals surface area contributed by atoms with Gasteiger partial charge in [0, 0.05) is 49.3 Å². The first kappa shape index (κ1) is 22.2. The van der Waals surface area contributed by atoms with Crippen LogP contribution in [0.1, 0.15) is 0 Å². The van der Waals surface area contributed by atoms with E-state index in [4.69, 9.17) is 23.2 Å². The van der Waals surface area contributed by atoms with Gasteiger partial charge in [-0.3, -0.25) is 4.90 Å². The molecule has 1 aliphatic rings. The van der Waals surface area contributed by atoms with Crippen LogP contribution in [-0.4, -0.2) is 52.6 Å². The smallest absolute Gasteiger partial charge is 0.240 e. The van der Waals surface area contributed by atoms with Crippen LogP contribution in [0.4, 0.5) is 0 Å². The van der Waals surface area contributed by atoms with E-state index in [0.717, 1.165) is 26.2 Å². The van der Waals surface area contributed by atoms with Crippen LogP contribution in [0.3, 0.4) is 0 Å². The van der Waals surface area contributed by atoms with Gasteiger partial charge in [-0.15, -0.1) is 24.8 Å². The van der Waals surface area contributed by atoms with E-state index < -0.39 is 10.0 Å². The zero-order valence-electron chi connectivity index (χ0n) is 11.7. The van der Waals surface area contributed by atoms with E-state index in [-0.39, 0.29) is 29.7 Å². The fourth-order valence-electron chi connectivity index (χ4n) is 2.04. The number of sulfonamides is 1. The van der Waals surface area contributed by atoms with Crippen LogP contribution in [-0.2, 0) is 10.0 Å². The molecule has 5 nitrogen and oxygen atoms in total. The predicted molar refractivity (Wildman–Crippen MR) is 95.5 cm³/mol. The molecule has 0 atom stereocenters. The second-order valence-electron chi connectivity index (χ2n) is 4.59. The second-order valence-corrected chi connectivity index (χ2v) is 7.23. The van der Waals surface area contributed by atoms with Gasteiger partial charge in [0.05, 0.1) is 4.90 Å². The lowest BCUT2D eigenvalue weighted by Crippen LogP contribution is -2.46. The van der Waals surface area contributed by atoms with Crippen LogP contribution in [0.15, 0.2) is 23.1 Å². The maximum Gasteiger partial charge on any atom is 0.240 e. The lowest BCUT2D eigenvalue weighted by molar-refractivity contribution is 0.245. The molecule has 0 bridgehead atoms. The largest absolute Gasteiger partial charge is 0.314 e. The van der Waals surface area contributed by atoms with Crippen LogP contribution >= 0.6 is 48.0 Å². The molecule has 1 saturated heterocycles. The number of hydrogen-bond donors (Lipinski definition) is 2. The molecule has 0 aromatic heterocycles. The number of piperazine rings is 1. The fraction of sp³-hybridized carbons (Fsp3) is 0.500. The molecule has 128 valence electrons. The second kappa shape index (κ2) is 10.2. The van der Waals surface area contributed by atoms with Gasteiger partial charge in [0.1, 0.15) is 0 Å². The number of nitrogens with zero attached hydrogens (tertiary/aromatic N) is 1. The maximum atomic E-state index is 12.1. The first-order valence-corrected chi connectivity index (χ1v) is 8.60. The summed E-state index contributed by atoms with van der Waals surface area (Å²) in [7, 11) is -3.57. The van der Waals surface area contributed by atoms with Crippen molar-refractivity contribution in [2.75, 3.05) is 39.3 Å². The van der Waals surface area contributed by atoms with Gasteiger partial charge in [-0.2, -0.15) is 0 Å². The molecular formula is C12H19Cl4N3O2S. The average molecular weight is 411 g/mol. The maximum absolute atomic E-state index is 12.1. The molecule has 1 aromatic rings. The third kappa shape index (κ3) is 6.76. The molecule has 1 heterocycles. The van der Waals surface area contributed by atoms with Gasteiger partial charge in [-0.1, -0.05) is 23.2 Å². The molecule has 1 fully saturated rings. The summed E-state index contributed by atoms with van der Waals surface area (Å²) in [4.78, 5) is 2.31. The highest BCUT2D eigenvalue weighted by Crippen LogP contribution is 2.22. The molecule has 0 aliphatic carbocycles. The summed E-state index contributed by atoms with van der Waals surface area (Å²) in [5.41, 5.74) is 0. The van der Waals surface area contributed by atoms with Crippen LogP contribution < -0.4 is 10.0 Å². The summed E-state index contributed by atoms with van der Waals surface area (Å²) in [6.45, 7) is 4.81. The average Bonchev–Trinajstić information content (AvgIpc) is 2.38. The van der Waals surface area contributed by atoms with Crippen molar-refractivity contribution in [3.8, 4) is 0 Å². The van der Waals surface area contributed by atoms with Gasteiger partial charge >= 0.3 is 0 Å². The summed E-state index contributed by atoms with van der Waals surface area (Å²) >= 11 is 11.6. The Labute approximate surface area is 153 Å². The van der Waals surface area contributed by atoms with Crippen molar-refractivity contribution >= 4 is 58.0 Å². The molecule has 0 saturated carbocycles. The Kier molecular flexibility index (Phi) is 10.3. The van der Waals surface area contributed by atoms with E-state index in [1.54, 1.807) is 0 Å². The molecule has 2 N–H and O–H groups in total. The minimum Gasteiger partial charge on any atom is -0.314 e. The first-order valence-electron chi connectivity index (χ1n) is 6.36. The van der Waals surface area contributed by atoms with E-state index in [9.17, 15) is 8.42 Å². The highest BCUT2D eigenvalue weighted by molar-refractivity contribution is 7.89. The summed E-state index contributed by atoms with van der Waals surface area (Å²) in [6.07, 6.45) is 0. The summed E-state index contributed by atoms with van der Waals surface area (Å²) in [5, 5.41) is 3.86. The monoisotopic (exact) mass is 409 g/mol. The van der Waals surface area contributed by atoms with Crippen molar-refractivity contribution in [2.24, 2.45) is 0 Å². The predicted octanol–water partition coefficient (Wildman–Crippen LogP) is 2.02. The van der Waals surface area contributed by atoms with Gasteiger partial charge in [0.25, 0.3) is 0 Å². The van der Waals surface area contributed by atoms with Crippen molar-refractivity contribution in [2.45, 2.75) is 4.90 Å². The fourth-order valence-corrected chi connectivity index (χ4v) is 3.79. The molecular weight excluding hydrogens is 392 g/mol. The van der Waals surface area contributed by atoms with Gasteiger partial charge in [0.2, 0.25) is 10.0 Å².